The van der Waals surface area contributed by atoms with Gasteiger partial charge in [0, 0.05) is 36.7 Å². The van der Waals surface area contributed by atoms with Gasteiger partial charge in [0.15, 0.2) is 5.82 Å². The molecule has 3 heterocycles. The standard InChI is InChI=1S/C13H21N3O2S/c1-2-14-11-8-19-7-10(11)13-15-12(16-18-13)9-3-5-17-6-4-9/h9-11,14H,2-8H2,1H3. The number of rotatable bonds is 4. The molecule has 2 saturated heterocycles. The van der Waals surface area contributed by atoms with E-state index in [9.17, 15) is 0 Å². The molecule has 19 heavy (non-hydrogen) atoms. The maximum absolute atomic E-state index is 5.52. The summed E-state index contributed by atoms with van der Waals surface area (Å²) in [6, 6.07) is 0.470. The van der Waals surface area contributed by atoms with Crippen LogP contribution in [0.2, 0.25) is 0 Å². The zero-order valence-electron chi connectivity index (χ0n) is 11.3. The topological polar surface area (TPSA) is 60.2 Å². The van der Waals surface area contributed by atoms with Gasteiger partial charge in [-0.25, -0.2) is 0 Å². The molecule has 2 aliphatic rings. The number of ether oxygens (including phenoxy) is 1. The van der Waals surface area contributed by atoms with Gasteiger partial charge in [-0.15, -0.1) is 0 Å². The zero-order valence-corrected chi connectivity index (χ0v) is 12.1. The molecule has 0 amide bonds. The van der Waals surface area contributed by atoms with E-state index in [4.69, 9.17) is 9.26 Å². The van der Waals surface area contributed by atoms with Crippen molar-refractivity contribution in [3.63, 3.8) is 0 Å². The fourth-order valence-electron chi connectivity index (χ4n) is 2.78. The van der Waals surface area contributed by atoms with Gasteiger partial charge in [-0.3, -0.25) is 0 Å². The van der Waals surface area contributed by atoms with Crippen LogP contribution in [0, 0.1) is 0 Å². The van der Waals surface area contributed by atoms with Crippen molar-refractivity contribution in [1.82, 2.24) is 15.5 Å². The van der Waals surface area contributed by atoms with Crippen molar-refractivity contribution in [1.29, 1.82) is 0 Å². The summed E-state index contributed by atoms with van der Waals surface area (Å²) >= 11 is 1.96. The fraction of sp³-hybridized carbons (Fsp3) is 0.846. The van der Waals surface area contributed by atoms with Gasteiger partial charge in [-0.2, -0.15) is 16.7 Å². The SMILES string of the molecule is CCNC1CSCC1c1nc(C2CCOCC2)no1. The van der Waals surface area contributed by atoms with Crippen LogP contribution in [0.3, 0.4) is 0 Å². The summed E-state index contributed by atoms with van der Waals surface area (Å²) in [7, 11) is 0. The van der Waals surface area contributed by atoms with Gasteiger partial charge in [0.05, 0.1) is 5.92 Å². The molecule has 0 bridgehead atoms. The monoisotopic (exact) mass is 283 g/mol. The lowest BCUT2D eigenvalue weighted by atomic mass is 9.99. The van der Waals surface area contributed by atoms with Crippen LogP contribution in [-0.4, -0.2) is 47.4 Å². The Labute approximate surface area is 117 Å². The molecule has 1 aromatic rings. The Hall–Kier alpha value is -0.590. The van der Waals surface area contributed by atoms with Crippen LogP contribution in [0.5, 0.6) is 0 Å². The number of hydrogen-bond acceptors (Lipinski definition) is 6. The molecule has 2 atom stereocenters. The Balaban J connectivity index is 1.69. The molecule has 0 saturated carbocycles. The Morgan fingerprint density at radius 1 is 1.32 bits per heavy atom. The average Bonchev–Trinajstić information content (AvgIpc) is 3.08. The summed E-state index contributed by atoms with van der Waals surface area (Å²) < 4.78 is 10.9. The molecule has 1 N–H and O–H groups in total. The van der Waals surface area contributed by atoms with Crippen LogP contribution in [-0.2, 0) is 4.74 Å². The van der Waals surface area contributed by atoms with Gasteiger partial charge in [0.2, 0.25) is 5.89 Å². The highest BCUT2D eigenvalue weighted by Crippen LogP contribution is 2.33. The first-order valence-electron chi connectivity index (χ1n) is 7.11. The first-order chi connectivity index (χ1) is 9.38. The second kappa shape index (κ2) is 6.24. The molecule has 0 aromatic carbocycles. The molecule has 2 fully saturated rings. The van der Waals surface area contributed by atoms with Gasteiger partial charge in [-0.05, 0) is 19.4 Å². The van der Waals surface area contributed by atoms with Crippen molar-refractivity contribution in [2.24, 2.45) is 0 Å². The van der Waals surface area contributed by atoms with E-state index in [2.05, 4.69) is 22.4 Å². The fourth-order valence-corrected chi connectivity index (χ4v) is 4.15. The maximum Gasteiger partial charge on any atom is 0.232 e. The molecular formula is C13H21N3O2S. The largest absolute Gasteiger partial charge is 0.381 e. The second-order valence-corrected chi connectivity index (χ2v) is 6.26. The minimum absolute atomic E-state index is 0.367. The summed E-state index contributed by atoms with van der Waals surface area (Å²) in [5, 5.41) is 7.71. The van der Waals surface area contributed by atoms with Crippen LogP contribution < -0.4 is 5.32 Å². The molecule has 0 spiro atoms. The van der Waals surface area contributed by atoms with E-state index in [0.717, 1.165) is 55.8 Å². The molecule has 1 aromatic heterocycles. The number of aromatic nitrogens is 2. The first kappa shape index (κ1) is 13.4. The van der Waals surface area contributed by atoms with Crippen molar-refractivity contribution in [2.75, 3.05) is 31.3 Å². The van der Waals surface area contributed by atoms with E-state index in [1.165, 1.54) is 0 Å². The zero-order chi connectivity index (χ0) is 13.1. The lowest BCUT2D eigenvalue weighted by Crippen LogP contribution is -2.34. The van der Waals surface area contributed by atoms with Crippen LogP contribution in [0.15, 0.2) is 4.52 Å². The van der Waals surface area contributed by atoms with Crippen molar-refractivity contribution in [3.05, 3.63) is 11.7 Å². The van der Waals surface area contributed by atoms with Gasteiger partial charge >= 0.3 is 0 Å². The van der Waals surface area contributed by atoms with Crippen molar-refractivity contribution >= 4 is 11.8 Å². The number of nitrogens with zero attached hydrogens (tertiary/aromatic N) is 2. The highest BCUT2D eigenvalue weighted by molar-refractivity contribution is 7.99. The molecule has 0 radical (unpaired) electrons. The quantitative estimate of drug-likeness (QED) is 0.909. The third-order valence-electron chi connectivity index (χ3n) is 3.91. The molecule has 6 heteroatoms. The number of thioether (sulfide) groups is 1. The average molecular weight is 283 g/mol. The summed E-state index contributed by atoms with van der Waals surface area (Å²) in [5.74, 6) is 4.69. The van der Waals surface area contributed by atoms with Crippen molar-refractivity contribution in [3.8, 4) is 0 Å². The lowest BCUT2D eigenvalue weighted by molar-refractivity contribution is 0.0830. The highest BCUT2D eigenvalue weighted by Gasteiger charge is 2.33. The Morgan fingerprint density at radius 2 is 2.16 bits per heavy atom. The number of likely N-dealkylation sites (N-methyl/N-ethyl adjacent to an activating group) is 1. The Morgan fingerprint density at radius 3 is 2.95 bits per heavy atom. The molecule has 2 aliphatic heterocycles. The third-order valence-corrected chi connectivity index (χ3v) is 5.10. The van der Waals surface area contributed by atoms with Crippen LogP contribution in [0.1, 0.15) is 43.3 Å². The van der Waals surface area contributed by atoms with E-state index in [1.807, 2.05) is 11.8 Å². The van der Waals surface area contributed by atoms with E-state index >= 15 is 0 Å². The first-order valence-corrected chi connectivity index (χ1v) is 8.26. The van der Waals surface area contributed by atoms with Crippen molar-refractivity contribution in [2.45, 2.75) is 37.6 Å². The minimum atomic E-state index is 0.367. The van der Waals surface area contributed by atoms with E-state index in [-0.39, 0.29) is 0 Å². The van der Waals surface area contributed by atoms with Crippen LogP contribution in [0.25, 0.3) is 0 Å². The number of hydrogen-bond donors (Lipinski definition) is 1. The molecule has 106 valence electrons. The van der Waals surface area contributed by atoms with Gasteiger partial charge in [0.1, 0.15) is 0 Å². The van der Waals surface area contributed by atoms with E-state index in [1.54, 1.807) is 0 Å². The highest BCUT2D eigenvalue weighted by atomic mass is 32.2. The predicted molar refractivity (Wildman–Crippen MR) is 74.6 cm³/mol. The normalized spacial score (nSPS) is 28.9. The van der Waals surface area contributed by atoms with Gasteiger partial charge in [0.25, 0.3) is 0 Å². The van der Waals surface area contributed by atoms with Crippen molar-refractivity contribution < 1.29 is 9.26 Å². The smallest absolute Gasteiger partial charge is 0.232 e. The van der Waals surface area contributed by atoms with Crippen LogP contribution >= 0.6 is 11.8 Å². The second-order valence-electron chi connectivity index (χ2n) is 5.19. The van der Waals surface area contributed by atoms with Crippen LogP contribution in [0.4, 0.5) is 0 Å². The predicted octanol–water partition coefficient (Wildman–Crippen LogP) is 1.77. The van der Waals surface area contributed by atoms with E-state index in [0.29, 0.717) is 17.9 Å². The third kappa shape index (κ3) is 2.95. The summed E-state index contributed by atoms with van der Waals surface area (Å²) in [6.07, 6.45) is 2.02. The molecular weight excluding hydrogens is 262 g/mol. The maximum atomic E-state index is 5.52. The Bertz CT molecular complexity index is 406. The summed E-state index contributed by atoms with van der Waals surface area (Å²) in [6.45, 7) is 4.76. The van der Waals surface area contributed by atoms with E-state index < -0.39 is 0 Å². The molecule has 2 unspecified atom stereocenters. The lowest BCUT2D eigenvalue weighted by Gasteiger charge is -2.18. The summed E-state index contributed by atoms with van der Waals surface area (Å²) in [5.41, 5.74) is 0. The van der Waals surface area contributed by atoms with Gasteiger partial charge in [-0.1, -0.05) is 12.1 Å². The molecule has 3 rings (SSSR count). The molecule has 0 aliphatic carbocycles. The molecule has 5 nitrogen and oxygen atoms in total. The summed E-state index contributed by atoms with van der Waals surface area (Å²) in [4.78, 5) is 4.66. The Kier molecular flexibility index (Phi) is 4.40. The number of nitrogens with one attached hydrogen (secondary N) is 1. The minimum Gasteiger partial charge on any atom is -0.381 e. The van der Waals surface area contributed by atoms with Gasteiger partial charge < -0.3 is 14.6 Å².